The number of rotatable bonds is 3. The third-order valence-corrected chi connectivity index (χ3v) is 2.83. The van der Waals surface area contributed by atoms with E-state index in [-0.39, 0.29) is 23.3 Å². The minimum absolute atomic E-state index is 0.0259. The molecule has 2 rings (SSSR count). The van der Waals surface area contributed by atoms with Crippen LogP contribution < -0.4 is 11.0 Å². The number of halogens is 1. The number of nitrogens with zero attached hydrogens (tertiary/aromatic N) is 1. The predicted octanol–water partition coefficient (Wildman–Crippen LogP) is -0.0646. The molecule has 0 spiro atoms. The molecule has 0 bridgehead atoms. The number of pyridine rings is 1. The molecule has 0 radical (unpaired) electrons. The smallest absolute Gasteiger partial charge is 0.488 e. The zero-order valence-electron chi connectivity index (χ0n) is 9.82. The average molecular weight is 279 g/mol. The molecule has 1 aromatic carbocycles. The number of benzene rings is 1. The minimum Gasteiger partial charge on any atom is -0.508 e. The van der Waals surface area contributed by atoms with Gasteiger partial charge in [0.05, 0.1) is 6.54 Å². The van der Waals surface area contributed by atoms with Crippen LogP contribution in [0.5, 0.6) is 5.75 Å². The fourth-order valence-electron chi connectivity index (χ4n) is 1.74. The molecule has 0 aliphatic heterocycles. The van der Waals surface area contributed by atoms with E-state index in [0.29, 0.717) is 10.6 Å². The first-order chi connectivity index (χ1) is 8.95. The Kier molecular flexibility index (Phi) is 3.94. The van der Waals surface area contributed by atoms with Crippen LogP contribution in [0, 0.1) is 0 Å². The Hall–Kier alpha value is -1.76. The van der Waals surface area contributed by atoms with Crippen LogP contribution in [-0.2, 0) is 6.54 Å². The van der Waals surface area contributed by atoms with Gasteiger partial charge < -0.3 is 19.7 Å². The minimum atomic E-state index is -1.67. The van der Waals surface area contributed by atoms with E-state index in [2.05, 4.69) is 0 Å². The van der Waals surface area contributed by atoms with Gasteiger partial charge >= 0.3 is 7.12 Å². The van der Waals surface area contributed by atoms with Crippen molar-refractivity contribution in [3.05, 3.63) is 57.5 Å². The summed E-state index contributed by atoms with van der Waals surface area (Å²) < 4.78 is 1.37. The molecular weight excluding hydrogens is 268 g/mol. The molecular formula is C12H11BClNO4. The highest BCUT2D eigenvalue weighted by molar-refractivity contribution is 6.58. The summed E-state index contributed by atoms with van der Waals surface area (Å²) in [5, 5.41) is 27.7. The van der Waals surface area contributed by atoms with Crippen LogP contribution >= 0.6 is 11.6 Å². The van der Waals surface area contributed by atoms with E-state index in [0.717, 1.165) is 6.07 Å². The Morgan fingerprint density at radius 1 is 1.21 bits per heavy atom. The Balaban J connectivity index is 2.31. The largest absolute Gasteiger partial charge is 0.508 e. The lowest BCUT2D eigenvalue weighted by molar-refractivity contribution is 0.425. The molecule has 98 valence electrons. The number of phenols is 1. The molecule has 1 aromatic heterocycles. The van der Waals surface area contributed by atoms with Gasteiger partial charge in [-0.2, -0.15) is 0 Å². The lowest BCUT2D eigenvalue weighted by Crippen LogP contribution is -2.35. The van der Waals surface area contributed by atoms with E-state index >= 15 is 0 Å². The first kappa shape index (κ1) is 13.7. The molecule has 0 fully saturated rings. The monoisotopic (exact) mass is 279 g/mol. The number of aromatic hydroxyl groups is 1. The van der Waals surface area contributed by atoms with Crippen molar-refractivity contribution in [2.45, 2.75) is 6.54 Å². The fourth-order valence-corrected chi connectivity index (χ4v) is 1.99. The Morgan fingerprint density at radius 3 is 2.53 bits per heavy atom. The van der Waals surface area contributed by atoms with Gasteiger partial charge in [-0.1, -0.05) is 11.6 Å². The summed E-state index contributed by atoms with van der Waals surface area (Å²) in [6.45, 7) is 0.231. The van der Waals surface area contributed by atoms with Crippen LogP contribution in [0.25, 0.3) is 0 Å². The highest BCUT2D eigenvalue weighted by atomic mass is 35.5. The van der Waals surface area contributed by atoms with Crippen molar-refractivity contribution in [2.75, 3.05) is 0 Å². The van der Waals surface area contributed by atoms with Gasteiger partial charge in [0.1, 0.15) is 5.75 Å². The summed E-state index contributed by atoms with van der Waals surface area (Å²) in [5.41, 5.74) is 0.435. The molecule has 2 aromatic rings. The van der Waals surface area contributed by atoms with Crippen molar-refractivity contribution >= 4 is 24.2 Å². The van der Waals surface area contributed by atoms with E-state index in [1.54, 1.807) is 6.07 Å². The van der Waals surface area contributed by atoms with Gasteiger partial charge in [-0.15, -0.1) is 0 Å². The molecule has 0 aliphatic carbocycles. The van der Waals surface area contributed by atoms with E-state index in [9.17, 15) is 9.90 Å². The Labute approximate surface area is 114 Å². The first-order valence-corrected chi connectivity index (χ1v) is 5.88. The molecule has 0 saturated carbocycles. The molecule has 0 atom stereocenters. The number of hydrogen-bond donors (Lipinski definition) is 3. The standard InChI is InChI=1S/C12H11BClNO4/c14-10-3-8(4-11(16)6-10)7-15-2-1-9(13(18)19)5-12(15)17/h1-6,16,18-19H,7H2. The molecule has 3 N–H and O–H groups in total. The molecule has 7 heteroatoms. The lowest BCUT2D eigenvalue weighted by atomic mass is 9.81. The third-order valence-electron chi connectivity index (χ3n) is 2.61. The Bertz CT molecular complexity index is 636. The van der Waals surface area contributed by atoms with Gasteiger partial charge in [-0.25, -0.2) is 0 Å². The van der Waals surface area contributed by atoms with Crippen LogP contribution in [0.2, 0.25) is 5.02 Å². The highest BCUT2D eigenvalue weighted by Crippen LogP contribution is 2.19. The quantitative estimate of drug-likeness (QED) is 0.687. The van der Waals surface area contributed by atoms with E-state index < -0.39 is 7.12 Å². The number of hydrogen-bond acceptors (Lipinski definition) is 4. The van der Waals surface area contributed by atoms with Crippen molar-refractivity contribution in [2.24, 2.45) is 0 Å². The van der Waals surface area contributed by atoms with Crippen molar-refractivity contribution in [1.82, 2.24) is 4.57 Å². The summed E-state index contributed by atoms with van der Waals surface area (Å²) in [6, 6.07) is 7.14. The molecule has 0 aliphatic rings. The SMILES string of the molecule is O=c1cc(B(O)O)ccn1Cc1cc(O)cc(Cl)c1. The van der Waals surface area contributed by atoms with E-state index in [1.165, 1.54) is 29.0 Å². The molecule has 1 heterocycles. The van der Waals surface area contributed by atoms with E-state index in [4.69, 9.17) is 21.6 Å². The molecule has 0 saturated heterocycles. The van der Waals surface area contributed by atoms with Crippen LogP contribution in [0.4, 0.5) is 0 Å². The van der Waals surface area contributed by atoms with Crippen LogP contribution in [0.15, 0.2) is 41.3 Å². The van der Waals surface area contributed by atoms with Crippen molar-refractivity contribution in [1.29, 1.82) is 0 Å². The second-order valence-corrected chi connectivity index (χ2v) is 4.55. The maximum absolute atomic E-state index is 11.8. The van der Waals surface area contributed by atoms with Crippen molar-refractivity contribution < 1.29 is 15.2 Å². The van der Waals surface area contributed by atoms with Crippen LogP contribution in [0.1, 0.15) is 5.56 Å². The van der Waals surface area contributed by atoms with Gasteiger partial charge in [0.15, 0.2) is 0 Å². The predicted molar refractivity (Wildman–Crippen MR) is 72.7 cm³/mol. The van der Waals surface area contributed by atoms with Gasteiger partial charge in [0.25, 0.3) is 0 Å². The molecule has 0 amide bonds. The summed E-state index contributed by atoms with van der Waals surface area (Å²) in [6.07, 6.45) is 1.45. The van der Waals surface area contributed by atoms with Crippen LogP contribution in [-0.4, -0.2) is 26.8 Å². The summed E-state index contributed by atoms with van der Waals surface area (Å²) in [7, 11) is -1.67. The summed E-state index contributed by atoms with van der Waals surface area (Å²) in [4.78, 5) is 11.8. The zero-order chi connectivity index (χ0) is 14.0. The molecule has 19 heavy (non-hydrogen) atoms. The van der Waals surface area contributed by atoms with Crippen LogP contribution in [0.3, 0.4) is 0 Å². The third kappa shape index (κ3) is 3.38. The second-order valence-electron chi connectivity index (χ2n) is 4.12. The van der Waals surface area contributed by atoms with Gasteiger partial charge in [0, 0.05) is 17.3 Å². The Morgan fingerprint density at radius 2 is 1.95 bits per heavy atom. The van der Waals surface area contributed by atoms with Crippen molar-refractivity contribution in [3.8, 4) is 5.75 Å². The van der Waals surface area contributed by atoms with E-state index in [1.807, 2.05) is 0 Å². The van der Waals surface area contributed by atoms with Gasteiger partial charge in [-0.05, 0) is 35.3 Å². The van der Waals surface area contributed by atoms with Crippen molar-refractivity contribution in [3.63, 3.8) is 0 Å². The second kappa shape index (κ2) is 5.48. The number of phenolic OH excluding ortho intramolecular Hbond substituents is 1. The highest BCUT2D eigenvalue weighted by Gasteiger charge is 2.12. The average Bonchev–Trinajstić information content (AvgIpc) is 2.30. The zero-order valence-corrected chi connectivity index (χ0v) is 10.6. The normalized spacial score (nSPS) is 10.5. The molecule has 0 unspecified atom stereocenters. The number of aromatic nitrogens is 1. The maximum atomic E-state index is 11.8. The first-order valence-electron chi connectivity index (χ1n) is 5.50. The topological polar surface area (TPSA) is 82.7 Å². The summed E-state index contributed by atoms with van der Waals surface area (Å²) >= 11 is 5.81. The lowest BCUT2D eigenvalue weighted by Gasteiger charge is -2.08. The van der Waals surface area contributed by atoms with Gasteiger partial charge in [0.2, 0.25) is 5.56 Å². The maximum Gasteiger partial charge on any atom is 0.488 e. The van der Waals surface area contributed by atoms with Gasteiger partial charge in [-0.3, -0.25) is 4.79 Å². The summed E-state index contributed by atoms with van der Waals surface area (Å²) in [5.74, 6) is 0.0259. The fraction of sp³-hybridized carbons (Fsp3) is 0.0833. The molecule has 5 nitrogen and oxygen atoms in total.